The van der Waals surface area contributed by atoms with Gasteiger partial charge in [0.25, 0.3) is 5.91 Å². The number of hydrogen-bond acceptors (Lipinski definition) is 6. The van der Waals surface area contributed by atoms with Crippen molar-refractivity contribution in [1.29, 1.82) is 0 Å². The second-order valence-electron chi connectivity index (χ2n) is 6.83. The molecule has 0 bridgehead atoms. The molecule has 3 rings (SSSR count). The van der Waals surface area contributed by atoms with E-state index in [1.165, 1.54) is 18.1 Å². The summed E-state index contributed by atoms with van der Waals surface area (Å²) in [5.74, 6) is -0.837. The SMILES string of the molecule is CCOc1ccc(N2C[C@@H](C(=O)OCC(=O)Nc3cc(Cl)ccc3OC)CC2=O)cc1. The lowest BCUT2D eigenvalue weighted by atomic mass is 10.1. The third kappa shape index (κ3) is 5.67. The molecule has 1 fully saturated rings. The van der Waals surface area contributed by atoms with E-state index >= 15 is 0 Å². The highest BCUT2D eigenvalue weighted by atomic mass is 35.5. The summed E-state index contributed by atoms with van der Waals surface area (Å²) in [7, 11) is 1.46. The summed E-state index contributed by atoms with van der Waals surface area (Å²) in [6, 6.07) is 11.8. The standard InChI is InChI=1S/C22H23ClN2O6/c1-3-30-17-7-5-16(6-8-17)25-12-14(10-21(25)27)22(28)31-13-20(26)24-18-11-15(23)4-9-19(18)29-2/h4-9,11,14H,3,10,12-13H2,1-2H3,(H,24,26)/t14-/m0/s1. The van der Waals surface area contributed by atoms with E-state index in [9.17, 15) is 14.4 Å². The fourth-order valence-corrected chi connectivity index (χ4v) is 3.39. The zero-order valence-electron chi connectivity index (χ0n) is 17.2. The molecular formula is C22H23ClN2O6. The number of ether oxygens (including phenoxy) is 3. The zero-order chi connectivity index (χ0) is 22.4. The number of nitrogens with zero attached hydrogens (tertiary/aromatic N) is 1. The maximum Gasteiger partial charge on any atom is 0.311 e. The van der Waals surface area contributed by atoms with Gasteiger partial charge in [0.05, 0.1) is 25.3 Å². The molecule has 9 heteroatoms. The Bertz CT molecular complexity index is 963. The molecule has 1 aliphatic rings. The number of nitrogens with one attached hydrogen (secondary N) is 1. The van der Waals surface area contributed by atoms with Crippen molar-refractivity contribution in [2.75, 3.05) is 37.1 Å². The molecule has 1 N–H and O–H groups in total. The predicted octanol–water partition coefficient (Wildman–Crippen LogP) is 3.28. The van der Waals surface area contributed by atoms with Crippen molar-refractivity contribution in [2.24, 2.45) is 5.92 Å². The van der Waals surface area contributed by atoms with E-state index in [1.807, 2.05) is 6.92 Å². The molecule has 0 aromatic heterocycles. The molecule has 1 atom stereocenters. The van der Waals surface area contributed by atoms with Crippen molar-refractivity contribution in [2.45, 2.75) is 13.3 Å². The average Bonchev–Trinajstić information content (AvgIpc) is 3.15. The van der Waals surface area contributed by atoms with Gasteiger partial charge in [-0.2, -0.15) is 0 Å². The van der Waals surface area contributed by atoms with E-state index in [1.54, 1.807) is 36.4 Å². The number of hydrogen-bond donors (Lipinski definition) is 1. The van der Waals surface area contributed by atoms with Crippen molar-refractivity contribution in [3.8, 4) is 11.5 Å². The van der Waals surface area contributed by atoms with Gasteiger partial charge in [0.1, 0.15) is 11.5 Å². The molecule has 1 saturated heterocycles. The first kappa shape index (κ1) is 22.4. The summed E-state index contributed by atoms with van der Waals surface area (Å²) in [6.45, 7) is 2.14. The third-order valence-electron chi connectivity index (χ3n) is 4.70. The lowest BCUT2D eigenvalue weighted by molar-refractivity contribution is -0.151. The number of anilines is 2. The van der Waals surface area contributed by atoms with Crippen molar-refractivity contribution in [1.82, 2.24) is 0 Å². The highest BCUT2D eigenvalue weighted by molar-refractivity contribution is 6.31. The van der Waals surface area contributed by atoms with Gasteiger partial charge in [-0.15, -0.1) is 0 Å². The minimum absolute atomic E-state index is 0.0236. The molecule has 2 amide bonds. The van der Waals surface area contributed by atoms with Crippen LogP contribution in [-0.4, -0.2) is 44.7 Å². The number of halogens is 1. The topological polar surface area (TPSA) is 94.2 Å². The van der Waals surface area contributed by atoms with Gasteiger partial charge in [-0.3, -0.25) is 14.4 Å². The normalized spacial score (nSPS) is 15.5. The van der Waals surface area contributed by atoms with Crippen LogP contribution in [-0.2, 0) is 19.1 Å². The fraction of sp³-hybridized carbons (Fsp3) is 0.318. The van der Waals surface area contributed by atoms with Gasteiger partial charge in [0, 0.05) is 23.7 Å². The largest absolute Gasteiger partial charge is 0.495 e. The average molecular weight is 447 g/mol. The van der Waals surface area contributed by atoms with Gasteiger partial charge in [-0.25, -0.2) is 0 Å². The van der Waals surface area contributed by atoms with E-state index in [-0.39, 0.29) is 18.9 Å². The van der Waals surface area contributed by atoms with Crippen LogP contribution in [0.2, 0.25) is 5.02 Å². The molecule has 2 aromatic rings. The van der Waals surface area contributed by atoms with Crippen LogP contribution in [0.1, 0.15) is 13.3 Å². The van der Waals surface area contributed by atoms with E-state index in [0.717, 1.165) is 0 Å². The van der Waals surface area contributed by atoms with Gasteiger partial charge in [0.2, 0.25) is 5.91 Å². The van der Waals surface area contributed by atoms with Crippen molar-refractivity contribution < 1.29 is 28.6 Å². The summed E-state index contributed by atoms with van der Waals surface area (Å²) >= 11 is 5.94. The van der Waals surface area contributed by atoms with Gasteiger partial charge >= 0.3 is 5.97 Å². The van der Waals surface area contributed by atoms with Crippen LogP contribution >= 0.6 is 11.6 Å². The predicted molar refractivity (Wildman–Crippen MR) is 116 cm³/mol. The number of methoxy groups -OCH3 is 1. The number of carbonyl (C=O) groups is 3. The summed E-state index contributed by atoms with van der Waals surface area (Å²) in [4.78, 5) is 38.5. The molecular weight excluding hydrogens is 424 g/mol. The van der Waals surface area contributed by atoms with Crippen molar-refractivity contribution in [3.63, 3.8) is 0 Å². The Labute approximate surface area is 185 Å². The van der Waals surface area contributed by atoms with Crippen LogP contribution in [0.4, 0.5) is 11.4 Å². The number of esters is 1. The minimum Gasteiger partial charge on any atom is -0.495 e. The molecule has 8 nitrogen and oxygen atoms in total. The zero-order valence-corrected chi connectivity index (χ0v) is 18.0. The van der Waals surface area contributed by atoms with Crippen LogP contribution in [0, 0.1) is 5.92 Å². The summed E-state index contributed by atoms with van der Waals surface area (Å²) in [6.07, 6.45) is 0.0236. The quantitative estimate of drug-likeness (QED) is 0.625. The Morgan fingerprint density at radius 1 is 1.19 bits per heavy atom. The maximum atomic E-state index is 12.4. The number of amides is 2. The van der Waals surface area contributed by atoms with Crippen LogP contribution in [0.5, 0.6) is 11.5 Å². The Kier molecular flexibility index (Phi) is 7.36. The first-order valence-electron chi connectivity index (χ1n) is 9.74. The highest BCUT2D eigenvalue weighted by Gasteiger charge is 2.36. The maximum absolute atomic E-state index is 12.4. The van der Waals surface area contributed by atoms with Gasteiger partial charge in [-0.1, -0.05) is 11.6 Å². The van der Waals surface area contributed by atoms with Crippen LogP contribution in [0.25, 0.3) is 0 Å². The molecule has 31 heavy (non-hydrogen) atoms. The third-order valence-corrected chi connectivity index (χ3v) is 4.93. The van der Waals surface area contributed by atoms with Gasteiger partial charge < -0.3 is 24.4 Å². The Morgan fingerprint density at radius 2 is 1.94 bits per heavy atom. The van der Waals surface area contributed by atoms with E-state index in [0.29, 0.717) is 34.5 Å². The summed E-state index contributed by atoms with van der Waals surface area (Å²) in [5.41, 5.74) is 1.04. The molecule has 0 radical (unpaired) electrons. The van der Waals surface area contributed by atoms with Crippen molar-refractivity contribution >= 4 is 40.8 Å². The van der Waals surface area contributed by atoms with E-state index in [4.69, 9.17) is 25.8 Å². The van der Waals surface area contributed by atoms with E-state index in [2.05, 4.69) is 5.32 Å². The van der Waals surface area contributed by atoms with Crippen LogP contribution in [0.15, 0.2) is 42.5 Å². The Hall–Kier alpha value is -3.26. The molecule has 0 aliphatic carbocycles. The number of rotatable bonds is 8. The molecule has 0 saturated carbocycles. The number of benzene rings is 2. The monoisotopic (exact) mass is 446 g/mol. The van der Waals surface area contributed by atoms with Gasteiger partial charge in [-0.05, 0) is 49.4 Å². The Morgan fingerprint density at radius 3 is 2.61 bits per heavy atom. The molecule has 164 valence electrons. The van der Waals surface area contributed by atoms with Gasteiger partial charge in [0.15, 0.2) is 6.61 Å². The minimum atomic E-state index is -0.646. The first-order chi connectivity index (χ1) is 14.9. The van der Waals surface area contributed by atoms with Crippen LogP contribution in [0.3, 0.4) is 0 Å². The molecule has 0 spiro atoms. The molecule has 1 aliphatic heterocycles. The van der Waals surface area contributed by atoms with Crippen LogP contribution < -0.4 is 19.7 Å². The molecule has 2 aromatic carbocycles. The first-order valence-corrected chi connectivity index (χ1v) is 10.1. The van der Waals surface area contributed by atoms with Crippen molar-refractivity contribution in [3.05, 3.63) is 47.5 Å². The highest BCUT2D eigenvalue weighted by Crippen LogP contribution is 2.29. The molecule has 1 heterocycles. The second-order valence-corrected chi connectivity index (χ2v) is 7.27. The fourth-order valence-electron chi connectivity index (χ4n) is 3.22. The smallest absolute Gasteiger partial charge is 0.311 e. The second kappa shape index (κ2) is 10.2. The van der Waals surface area contributed by atoms with E-state index < -0.39 is 24.4 Å². The molecule has 0 unspecified atom stereocenters. The lowest BCUT2D eigenvalue weighted by Gasteiger charge is -2.17. The summed E-state index contributed by atoms with van der Waals surface area (Å²) < 4.78 is 15.7. The lowest BCUT2D eigenvalue weighted by Crippen LogP contribution is -2.28. The summed E-state index contributed by atoms with van der Waals surface area (Å²) in [5, 5.41) is 3.02. The number of carbonyl (C=O) groups excluding carboxylic acids is 3. The Balaban J connectivity index is 1.53.